The van der Waals surface area contributed by atoms with Gasteiger partial charge in [0.05, 0.1) is 5.02 Å². The molecule has 15 heavy (non-hydrogen) atoms. The number of hydrogen-bond donors (Lipinski definition) is 2. The minimum Gasteiger partial charge on any atom is -0.508 e. The lowest BCUT2D eigenvalue weighted by Crippen LogP contribution is -1.97. The first-order valence-corrected chi connectivity index (χ1v) is 4.61. The van der Waals surface area contributed by atoms with Crippen molar-refractivity contribution in [3.05, 3.63) is 23.2 Å². The van der Waals surface area contributed by atoms with Crippen LogP contribution in [0.1, 0.15) is 0 Å². The van der Waals surface area contributed by atoms with E-state index in [-0.39, 0.29) is 5.75 Å². The van der Waals surface area contributed by atoms with Gasteiger partial charge in [0.25, 0.3) is 0 Å². The molecule has 6 heteroatoms. The molecule has 0 unspecified atom stereocenters. The molecule has 0 amide bonds. The van der Waals surface area contributed by atoms with Gasteiger partial charge in [0.15, 0.2) is 5.82 Å². The number of phenols is 1. The third-order valence-electron chi connectivity index (χ3n) is 1.99. The predicted molar refractivity (Wildman–Crippen MR) is 57.5 cm³/mol. The fraction of sp³-hybridized carbons (Fsp3) is 0.111. The van der Waals surface area contributed by atoms with Crippen LogP contribution in [-0.2, 0) is 7.05 Å². The molecule has 5 nitrogen and oxygen atoms in total. The molecule has 0 spiro atoms. The minimum absolute atomic E-state index is 0.112. The molecule has 0 radical (unpaired) electrons. The molecule has 2 rings (SSSR count). The molecule has 0 saturated carbocycles. The van der Waals surface area contributed by atoms with Crippen molar-refractivity contribution in [3.8, 4) is 17.1 Å². The molecule has 2 aromatic rings. The van der Waals surface area contributed by atoms with Gasteiger partial charge in [-0.2, -0.15) is 4.98 Å². The molecule has 0 saturated heterocycles. The van der Waals surface area contributed by atoms with Crippen LogP contribution in [0.5, 0.6) is 5.75 Å². The van der Waals surface area contributed by atoms with Gasteiger partial charge in [-0.15, -0.1) is 5.10 Å². The summed E-state index contributed by atoms with van der Waals surface area (Å²) < 4.78 is 1.44. The van der Waals surface area contributed by atoms with Crippen LogP contribution in [0.25, 0.3) is 11.4 Å². The summed E-state index contributed by atoms with van der Waals surface area (Å²) in [5.41, 5.74) is 6.11. The first kappa shape index (κ1) is 9.79. The van der Waals surface area contributed by atoms with Gasteiger partial charge < -0.3 is 10.8 Å². The van der Waals surface area contributed by atoms with E-state index < -0.39 is 0 Å². The Morgan fingerprint density at radius 3 is 2.80 bits per heavy atom. The van der Waals surface area contributed by atoms with Crippen molar-refractivity contribution >= 4 is 17.5 Å². The Hall–Kier alpha value is -1.75. The Labute approximate surface area is 91.1 Å². The predicted octanol–water partition coefficient (Wildman–Crippen LogP) is 1.42. The van der Waals surface area contributed by atoms with Crippen LogP contribution in [0.4, 0.5) is 5.95 Å². The number of halogens is 1. The molecular weight excluding hydrogens is 216 g/mol. The second kappa shape index (κ2) is 3.43. The van der Waals surface area contributed by atoms with Gasteiger partial charge >= 0.3 is 0 Å². The highest BCUT2D eigenvalue weighted by atomic mass is 35.5. The smallest absolute Gasteiger partial charge is 0.218 e. The van der Waals surface area contributed by atoms with Gasteiger partial charge in [0, 0.05) is 12.6 Å². The standard InChI is InChI=1S/C9H9ClN4O/c1-14-9(11)12-8(13-14)6-4-5(15)2-3-7(6)10/h2-4,15H,1H3,(H2,11,12,13). The Balaban J connectivity index is 2.58. The van der Waals surface area contributed by atoms with Crippen molar-refractivity contribution in [2.24, 2.45) is 7.05 Å². The summed E-state index contributed by atoms with van der Waals surface area (Å²) >= 11 is 5.95. The monoisotopic (exact) mass is 224 g/mol. The Kier molecular flexibility index (Phi) is 2.24. The second-order valence-corrected chi connectivity index (χ2v) is 3.49. The SMILES string of the molecule is Cn1nc(-c2cc(O)ccc2Cl)nc1N. The Morgan fingerprint density at radius 2 is 2.20 bits per heavy atom. The summed E-state index contributed by atoms with van der Waals surface area (Å²) in [7, 11) is 1.68. The Morgan fingerprint density at radius 1 is 1.47 bits per heavy atom. The zero-order valence-corrected chi connectivity index (χ0v) is 8.73. The van der Waals surface area contributed by atoms with E-state index in [2.05, 4.69) is 10.1 Å². The number of aromatic nitrogens is 3. The summed E-state index contributed by atoms with van der Waals surface area (Å²) in [6.45, 7) is 0. The third-order valence-corrected chi connectivity index (χ3v) is 2.32. The number of hydrogen-bond acceptors (Lipinski definition) is 4. The molecule has 0 bridgehead atoms. The van der Waals surface area contributed by atoms with E-state index in [1.807, 2.05) is 0 Å². The first-order valence-electron chi connectivity index (χ1n) is 4.23. The topological polar surface area (TPSA) is 77.0 Å². The lowest BCUT2D eigenvalue weighted by atomic mass is 10.2. The lowest BCUT2D eigenvalue weighted by molar-refractivity contribution is 0.475. The van der Waals surface area contributed by atoms with Crippen LogP contribution in [0.15, 0.2) is 18.2 Å². The zero-order valence-electron chi connectivity index (χ0n) is 7.98. The molecule has 1 heterocycles. The average Bonchev–Trinajstić information content (AvgIpc) is 2.51. The molecule has 78 valence electrons. The van der Waals surface area contributed by atoms with Crippen LogP contribution in [0, 0.1) is 0 Å². The molecule has 0 fully saturated rings. The molecule has 0 aliphatic carbocycles. The van der Waals surface area contributed by atoms with Gasteiger partial charge in [0.1, 0.15) is 5.75 Å². The number of benzene rings is 1. The van der Waals surface area contributed by atoms with Crippen molar-refractivity contribution in [2.45, 2.75) is 0 Å². The summed E-state index contributed by atoms with van der Waals surface area (Å²) in [4.78, 5) is 4.02. The van der Waals surface area contributed by atoms with E-state index in [0.29, 0.717) is 22.4 Å². The highest BCUT2D eigenvalue weighted by Gasteiger charge is 2.11. The second-order valence-electron chi connectivity index (χ2n) is 3.08. The lowest BCUT2D eigenvalue weighted by Gasteiger charge is -1.99. The maximum atomic E-state index is 9.32. The molecule has 3 N–H and O–H groups in total. The van der Waals surface area contributed by atoms with Crippen molar-refractivity contribution in [2.75, 3.05) is 5.73 Å². The van der Waals surface area contributed by atoms with Crippen molar-refractivity contribution < 1.29 is 5.11 Å². The molecule has 0 atom stereocenters. The van der Waals surface area contributed by atoms with Crippen molar-refractivity contribution in [1.82, 2.24) is 14.8 Å². The highest BCUT2D eigenvalue weighted by Crippen LogP contribution is 2.29. The number of anilines is 1. The number of nitrogens with zero attached hydrogens (tertiary/aromatic N) is 3. The van der Waals surface area contributed by atoms with E-state index in [0.717, 1.165) is 0 Å². The van der Waals surface area contributed by atoms with Gasteiger partial charge in [-0.1, -0.05) is 11.6 Å². The summed E-state index contributed by atoms with van der Waals surface area (Å²) in [5, 5.41) is 13.9. The van der Waals surface area contributed by atoms with E-state index in [9.17, 15) is 5.11 Å². The van der Waals surface area contributed by atoms with E-state index in [1.54, 1.807) is 13.1 Å². The molecular formula is C9H9ClN4O. The summed E-state index contributed by atoms with van der Waals surface area (Å²) in [6.07, 6.45) is 0. The summed E-state index contributed by atoms with van der Waals surface area (Å²) in [5.74, 6) is 0.806. The maximum Gasteiger partial charge on any atom is 0.218 e. The summed E-state index contributed by atoms with van der Waals surface area (Å²) in [6, 6.07) is 4.58. The minimum atomic E-state index is 0.112. The van der Waals surface area contributed by atoms with Crippen molar-refractivity contribution in [3.63, 3.8) is 0 Å². The van der Waals surface area contributed by atoms with E-state index >= 15 is 0 Å². The van der Waals surface area contributed by atoms with Crippen LogP contribution in [0.2, 0.25) is 5.02 Å². The van der Waals surface area contributed by atoms with Crippen molar-refractivity contribution in [1.29, 1.82) is 0 Å². The van der Waals surface area contributed by atoms with Gasteiger partial charge in [-0.05, 0) is 18.2 Å². The number of nitrogen functional groups attached to an aromatic ring is 1. The largest absolute Gasteiger partial charge is 0.508 e. The number of aryl methyl sites for hydroxylation is 1. The molecule has 1 aromatic carbocycles. The third kappa shape index (κ3) is 1.73. The van der Waals surface area contributed by atoms with Gasteiger partial charge in [-0.25, -0.2) is 4.68 Å². The van der Waals surface area contributed by atoms with E-state index in [1.165, 1.54) is 16.8 Å². The number of aromatic hydroxyl groups is 1. The maximum absolute atomic E-state index is 9.32. The highest BCUT2D eigenvalue weighted by molar-refractivity contribution is 6.33. The number of rotatable bonds is 1. The first-order chi connectivity index (χ1) is 7.08. The average molecular weight is 225 g/mol. The fourth-order valence-electron chi connectivity index (χ4n) is 1.20. The molecule has 0 aliphatic heterocycles. The zero-order chi connectivity index (χ0) is 11.0. The van der Waals surface area contributed by atoms with E-state index in [4.69, 9.17) is 17.3 Å². The van der Waals surface area contributed by atoms with Crippen LogP contribution < -0.4 is 5.73 Å². The van der Waals surface area contributed by atoms with Gasteiger partial charge in [0.2, 0.25) is 5.95 Å². The van der Waals surface area contributed by atoms with Crippen LogP contribution in [-0.4, -0.2) is 19.9 Å². The number of phenolic OH excluding ortho intramolecular Hbond substituents is 1. The normalized spacial score (nSPS) is 10.5. The quantitative estimate of drug-likeness (QED) is 0.768. The van der Waals surface area contributed by atoms with Crippen LogP contribution in [0.3, 0.4) is 0 Å². The molecule has 0 aliphatic rings. The Bertz CT molecular complexity index is 489. The number of nitrogens with two attached hydrogens (primary N) is 1. The van der Waals surface area contributed by atoms with Gasteiger partial charge in [-0.3, -0.25) is 0 Å². The fourth-order valence-corrected chi connectivity index (χ4v) is 1.40. The van der Waals surface area contributed by atoms with Crippen LogP contribution >= 0.6 is 11.6 Å². The molecule has 1 aromatic heterocycles.